The first-order chi connectivity index (χ1) is 11.1. The maximum absolute atomic E-state index is 12.7. The Bertz CT molecular complexity index is 806. The van der Waals surface area contributed by atoms with Gasteiger partial charge in [0.15, 0.2) is 0 Å². The smallest absolute Gasteiger partial charge is 0.272 e. The molecule has 1 amide bonds. The molecule has 23 heavy (non-hydrogen) atoms. The van der Waals surface area contributed by atoms with Gasteiger partial charge in [-0.2, -0.15) is 0 Å². The number of nitrogens with zero attached hydrogens (tertiary/aromatic N) is 1. The third-order valence-electron chi connectivity index (χ3n) is 3.91. The van der Waals surface area contributed by atoms with Crippen molar-refractivity contribution in [3.63, 3.8) is 0 Å². The van der Waals surface area contributed by atoms with Gasteiger partial charge in [0, 0.05) is 16.6 Å². The van der Waals surface area contributed by atoms with Crippen LogP contribution >= 0.6 is 0 Å². The van der Waals surface area contributed by atoms with E-state index in [0.29, 0.717) is 5.69 Å². The fourth-order valence-corrected chi connectivity index (χ4v) is 2.69. The second-order valence-corrected chi connectivity index (χ2v) is 6.02. The monoisotopic (exact) mass is 308 g/mol. The SMILES string of the molecule is C[NH+](C)CCn1c(C(=O)Nc2ccccc2)cc2ccccc21. The standard InChI is InChI=1S/C19H21N3O/c1-21(2)12-13-22-17-11-7-6-8-15(17)14-18(22)19(23)20-16-9-4-3-5-10-16/h3-11,14H,12-13H2,1-2H3,(H,20,23)/p+1. The van der Waals surface area contributed by atoms with Crippen molar-refractivity contribution in [3.05, 3.63) is 66.4 Å². The molecule has 1 heterocycles. The number of amides is 1. The van der Waals surface area contributed by atoms with E-state index in [1.54, 1.807) is 0 Å². The van der Waals surface area contributed by atoms with Gasteiger partial charge in [0.05, 0.1) is 27.2 Å². The molecule has 0 saturated carbocycles. The number of para-hydroxylation sites is 2. The number of aromatic nitrogens is 1. The lowest BCUT2D eigenvalue weighted by Crippen LogP contribution is -3.06. The van der Waals surface area contributed by atoms with Crippen molar-refractivity contribution >= 4 is 22.5 Å². The maximum Gasteiger partial charge on any atom is 0.272 e. The highest BCUT2D eigenvalue weighted by Gasteiger charge is 2.16. The Morgan fingerprint density at radius 3 is 2.48 bits per heavy atom. The number of anilines is 1. The zero-order valence-corrected chi connectivity index (χ0v) is 13.5. The molecule has 2 aromatic carbocycles. The maximum atomic E-state index is 12.7. The van der Waals surface area contributed by atoms with Crippen molar-refractivity contribution in [3.8, 4) is 0 Å². The molecule has 4 nitrogen and oxygen atoms in total. The van der Waals surface area contributed by atoms with Crippen LogP contribution in [-0.4, -0.2) is 31.1 Å². The molecule has 0 atom stereocenters. The van der Waals surface area contributed by atoms with Crippen LogP contribution in [-0.2, 0) is 6.54 Å². The second-order valence-electron chi connectivity index (χ2n) is 6.02. The Hall–Kier alpha value is -2.59. The Morgan fingerprint density at radius 2 is 1.74 bits per heavy atom. The molecule has 4 heteroatoms. The Kier molecular flexibility index (Phi) is 4.44. The van der Waals surface area contributed by atoms with Crippen LogP contribution in [0.2, 0.25) is 0 Å². The Balaban J connectivity index is 1.95. The van der Waals surface area contributed by atoms with Gasteiger partial charge in [-0.1, -0.05) is 36.4 Å². The van der Waals surface area contributed by atoms with Crippen LogP contribution in [0.15, 0.2) is 60.7 Å². The van der Waals surface area contributed by atoms with Crippen molar-refractivity contribution < 1.29 is 9.69 Å². The molecule has 0 aliphatic heterocycles. The van der Waals surface area contributed by atoms with Gasteiger partial charge >= 0.3 is 0 Å². The van der Waals surface area contributed by atoms with Crippen molar-refractivity contribution in [1.29, 1.82) is 0 Å². The van der Waals surface area contributed by atoms with Crippen LogP contribution in [0.5, 0.6) is 0 Å². The summed E-state index contributed by atoms with van der Waals surface area (Å²) in [5.41, 5.74) is 2.62. The van der Waals surface area contributed by atoms with Crippen LogP contribution in [0.25, 0.3) is 10.9 Å². The summed E-state index contributed by atoms with van der Waals surface area (Å²) in [6, 6.07) is 19.7. The largest absolute Gasteiger partial charge is 0.338 e. The van der Waals surface area contributed by atoms with E-state index < -0.39 is 0 Å². The first-order valence-corrected chi connectivity index (χ1v) is 7.89. The van der Waals surface area contributed by atoms with E-state index >= 15 is 0 Å². The van der Waals surface area contributed by atoms with Gasteiger partial charge in [-0.05, 0) is 24.3 Å². The molecular weight excluding hydrogens is 286 g/mol. The number of nitrogens with one attached hydrogen (secondary N) is 2. The first kappa shape index (κ1) is 15.3. The molecule has 1 aromatic heterocycles. The summed E-state index contributed by atoms with van der Waals surface area (Å²) < 4.78 is 2.11. The lowest BCUT2D eigenvalue weighted by atomic mass is 10.2. The fraction of sp³-hybridized carbons (Fsp3) is 0.211. The fourth-order valence-electron chi connectivity index (χ4n) is 2.69. The number of likely N-dealkylation sites (N-methyl/N-ethyl adjacent to an activating group) is 1. The molecule has 0 saturated heterocycles. The van der Waals surface area contributed by atoms with Crippen LogP contribution in [0.1, 0.15) is 10.5 Å². The lowest BCUT2D eigenvalue weighted by molar-refractivity contribution is -0.858. The number of hydrogen-bond donors (Lipinski definition) is 2. The average molecular weight is 308 g/mol. The highest BCUT2D eigenvalue weighted by Crippen LogP contribution is 2.20. The van der Waals surface area contributed by atoms with Gasteiger partial charge in [0.2, 0.25) is 0 Å². The van der Waals surface area contributed by atoms with E-state index in [-0.39, 0.29) is 5.91 Å². The van der Waals surface area contributed by atoms with E-state index in [2.05, 4.69) is 30.0 Å². The summed E-state index contributed by atoms with van der Waals surface area (Å²) in [6.07, 6.45) is 0. The molecule has 0 unspecified atom stereocenters. The number of carbonyl (C=O) groups is 1. The summed E-state index contributed by atoms with van der Waals surface area (Å²) in [7, 11) is 4.24. The molecule has 0 aliphatic carbocycles. The molecule has 3 rings (SSSR count). The topological polar surface area (TPSA) is 38.5 Å². The third-order valence-corrected chi connectivity index (χ3v) is 3.91. The van der Waals surface area contributed by atoms with Gasteiger partial charge < -0.3 is 14.8 Å². The zero-order valence-electron chi connectivity index (χ0n) is 13.5. The van der Waals surface area contributed by atoms with Crippen LogP contribution < -0.4 is 10.2 Å². The molecule has 118 valence electrons. The minimum Gasteiger partial charge on any atom is -0.338 e. The number of carbonyl (C=O) groups excluding carboxylic acids is 1. The normalized spacial score (nSPS) is 11.1. The van der Waals surface area contributed by atoms with Gasteiger partial charge in [-0.3, -0.25) is 4.79 Å². The van der Waals surface area contributed by atoms with Crippen molar-refractivity contribution in [1.82, 2.24) is 4.57 Å². The van der Waals surface area contributed by atoms with Crippen LogP contribution in [0.3, 0.4) is 0 Å². The predicted octanol–water partition coefficient (Wildman–Crippen LogP) is 2.04. The van der Waals surface area contributed by atoms with Crippen LogP contribution in [0, 0.1) is 0 Å². The Labute approximate surface area is 136 Å². The first-order valence-electron chi connectivity index (χ1n) is 7.89. The highest BCUT2D eigenvalue weighted by molar-refractivity contribution is 6.06. The van der Waals surface area contributed by atoms with Gasteiger partial charge in [0.25, 0.3) is 5.91 Å². The molecule has 2 N–H and O–H groups in total. The van der Waals surface area contributed by atoms with E-state index in [1.165, 1.54) is 4.90 Å². The number of hydrogen-bond acceptors (Lipinski definition) is 1. The van der Waals surface area contributed by atoms with Gasteiger partial charge in [0.1, 0.15) is 5.69 Å². The van der Waals surface area contributed by atoms with E-state index in [1.807, 2.05) is 54.6 Å². The van der Waals surface area contributed by atoms with Crippen molar-refractivity contribution in [2.75, 3.05) is 26.0 Å². The molecule has 0 bridgehead atoms. The molecule has 0 radical (unpaired) electrons. The summed E-state index contributed by atoms with van der Waals surface area (Å²) in [5, 5.41) is 4.08. The lowest BCUT2D eigenvalue weighted by Gasteiger charge is -2.13. The summed E-state index contributed by atoms with van der Waals surface area (Å²) in [4.78, 5) is 14.1. The van der Waals surface area contributed by atoms with E-state index in [0.717, 1.165) is 29.7 Å². The number of fused-ring (bicyclic) bond motifs is 1. The van der Waals surface area contributed by atoms with E-state index in [9.17, 15) is 4.79 Å². The molecule has 0 aliphatic rings. The van der Waals surface area contributed by atoms with Gasteiger partial charge in [-0.15, -0.1) is 0 Å². The molecule has 3 aromatic rings. The number of benzene rings is 2. The second kappa shape index (κ2) is 6.67. The number of quaternary nitrogens is 1. The number of rotatable bonds is 5. The summed E-state index contributed by atoms with van der Waals surface area (Å²) in [6.45, 7) is 1.78. The summed E-state index contributed by atoms with van der Waals surface area (Å²) >= 11 is 0. The third kappa shape index (κ3) is 3.43. The summed E-state index contributed by atoms with van der Waals surface area (Å²) in [5.74, 6) is -0.0684. The zero-order chi connectivity index (χ0) is 16.2. The van der Waals surface area contributed by atoms with Crippen molar-refractivity contribution in [2.45, 2.75) is 6.54 Å². The Morgan fingerprint density at radius 1 is 1.04 bits per heavy atom. The predicted molar refractivity (Wildman–Crippen MR) is 94.0 cm³/mol. The van der Waals surface area contributed by atoms with Gasteiger partial charge in [-0.25, -0.2) is 0 Å². The average Bonchev–Trinajstić information content (AvgIpc) is 2.92. The molecule has 0 spiro atoms. The minimum absolute atomic E-state index is 0.0684. The molecule has 0 fully saturated rings. The quantitative estimate of drug-likeness (QED) is 0.744. The van der Waals surface area contributed by atoms with E-state index in [4.69, 9.17) is 0 Å². The minimum atomic E-state index is -0.0684. The molecular formula is C19H22N3O+. The highest BCUT2D eigenvalue weighted by atomic mass is 16.1. The van der Waals surface area contributed by atoms with Crippen LogP contribution in [0.4, 0.5) is 5.69 Å². The van der Waals surface area contributed by atoms with Crippen molar-refractivity contribution in [2.24, 2.45) is 0 Å².